The standard InChI is InChI=1S/C16H16N2O4/c1-9-7-13(19)17(15(9)21)11-5-3-4-6-12(11)18-14(20)8-10(2)16(18)22/h3-8,19-22H,1-2H3. The fourth-order valence-corrected chi connectivity index (χ4v) is 2.53. The lowest BCUT2D eigenvalue weighted by Gasteiger charge is -2.15. The number of rotatable bonds is 2. The van der Waals surface area contributed by atoms with Crippen molar-refractivity contribution >= 4 is 0 Å². The Labute approximate surface area is 126 Å². The molecule has 0 unspecified atom stereocenters. The molecule has 2 aromatic heterocycles. The molecule has 0 amide bonds. The van der Waals surface area contributed by atoms with Crippen LogP contribution in [-0.2, 0) is 0 Å². The van der Waals surface area contributed by atoms with E-state index in [2.05, 4.69) is 0 Å². The van der Waals surface area contributed by atoms with Gasteiger partial charge in [0.05, 0.1) is 11.4 Å². The van der Waals surface area contributed by atoms with Crippen LogP contribution in [0.1, 0.15) is 11.1 Å². The second kappa shape index (κ2) is 4.77. The summed E-state index contributed by atoms with van der Waals surface area (Å²) >= 11 is 0. The molecule has 0 fully saturated rings. The summed E-state index contributed by atoms with van der Waals surface area (Å²) in [6, 6.07) is 9.68. The lowest BCUT2D eigenvalue weighted by Crippen LogP contribution is -2.02. The van der Waals surface area contributed by atoms with E-state index < -0.39 is 0 Å². The number of aryl methyl sites for hydroxylation is 2. The van der Waals surface area contributed by atoms with Gasteiger partial charge in [-0.1, -0.05) is 12.1 Å². The zero-order valence-electron chi connectivity index (χ0n) is 12.1. The van der Waals surface area contributed by atoms with Crippen LogP contribution < -0.4 is 0 Å². The van der Waals surface area contributed by atoms with Crippen LogP contribution in [0.25, 0.3) is 11.4 Å². The quantitative estimate of drug-likeness (QED) is 0.585. The molecule has 0 aliphatic rings. The van der Waals surface area contributed by atoms with Crippen molar-refractivity contribution in [2.45, 2.75) is 13.8 Å². The summed E-state index contributed by atoms with van der Waals surface area (Å²) in [5, 5.41) is 40.4. The van der Waals surface area contributed by atoms with Crippen molar-refractivity contribution in [1.29, 1.82) is 0 Å². The minimum absolute atomic E-state index is 0.104. The van der Waals surface area contributed by atoms with E-state index in [-0.39, 0.29) is 23.5 Å². The first-order valence-electron chi connectivity index (χ1n) is 6.72. The second-order valence-electron chi connectivity index (χ2n) is 5.18. The SMILES string of the molecule is Cc1cc(O)n(-c2ccccc2-n2c(O)cc(C)c2O)c1O. The summed E-state index contributed by atoms with van der Waals surface area (Å²) in [4.78, 5) is 0. The van der Waals surface area contributed by atoms with Gasteiger partial charge in [-0.2, -0.15) is 0 Å². The zero-order valence-corrected chi connectivity index (χ0v) is 12.1. The van der Waals surface area contributed by atoms with Gasteiger partial charge in [-0.25, -0.2) is 9.13 Å². The predicted molar refractivity (Wildman–Crippen MR) is 81.2 cm³/mol. The predicted octanol–water partition coefficient (Wildman–Crippen LogP) is 2.71. The monoisotopic (exact) mass is 300 g/mol. The largest absolute Gasteiger partial charge is 0.494 e. The van der Waals surface area contributed by atoms with Crippen LogP contribution in [0.3, 0.4) is 0 Å². The summed E-state index contributed by atoms with van der Waals surface area (Å²) in [6.07, 6.45) is 0. The molecular formula is C16H16N2O4. The summed E-state index contributed by atoms with van der Waals surface area (Å²) in [5.74, 6) is -0.476. The maximum Gasteiger partial charge on any atom is 0.201 e. The van der Waals surface area contributed by atoms with Gasteiger partial charge in [0.1, 0.15) is 0 Å². The Morgan fingerprint density at radius 1 is 0.682 bits per heavy atom. The Hall–Kier alpha value is -3.02. The first-order valence-corrected chi connectivity index (χ1v) is 6.72. The Kier molecular flexibility index (Phi) is 3.02. The third kappa shape index (κ3) is 1.88. The highest BCUT2D eigenvalue weighted by molar-refractivity contribution is 5.61. The maximum atomic E-state index is 10.2. The second-order valence-corrected chi connectivity index (χ2v) is 5.18. The van der Waals surface area contributed by atoms with Crippen LogP contribution in [0.15, 0.2) is 36.4 Å². The van der Waals surface area contributed by atoms with E-state index in [0.717, 1.165) is 0 Å². The summed E-state index contributed by atoms with van der Waals surface area (Å²) in [6.45, 7) is 3.34. The van der Waals surface area contributed by atoms with Gasteiger partial charge in [0.2, 0.25) is 11.8 Å². The van der Waals surface area contributed by atoms with Gasteiger partial charge in [-0.15, -0.1) is 0 Å². The number of para-hydroxylation sites is 2. The molecule has 0 aliphatic carbocycles. The highest BCUT2D eigenvalue weighted by Gasteiger charge is 2.20. The average Bonchev–Trinajstić information content (AvgIpc) is 2.87. The normalized spacial score (nSPS) is 11.0. The van der Waals surface area contributed by atoms with E-state index in [1.54, 1.807) is 38.1 Å². The molecule has 0 aliphatic heterocycles. The lowest BCUT2D eigenvalue weighted by atomic mass is 10.2. The molecule has 4 N–H and O–H groups in total. The molecule has 114 valence electrons. The molecule has 3 rings (SSSR count). The fourth-order valence-electron chi connectivity index (χ4n) is 2.53. The number of hydrogen-bond donors (Lipinski definition) is 4. The van der Waals surface area contributed by atoms with Gasteiger partial charge >= 0.3 is 0 Å². The zero-order chi connectivity index (χ0) is 16.0. The molecule has 0 bridgehead atoms. The molecule has 0 saturated heterocycles. The smallest absolute Gasteiger partial charge is 0.201 e. The third-order valence-electron chi connectivity index (χ3n) is 3.64. The van der Waals surface area contributed by atoms with E-state index in [1.165, 1.54) is 21.3 Å². The van der Waals surface area contributed by atoms with Crippen molar-refractivity contribution in [3.8, 4) is 34.9 Å². The van der Waals surface area contributed by atoms with Crippen molar-refractivity contribution in [3.05, 3.63) is 47.5 Å². The number of hydrogen-bond acceptors (Lipinski definition) is 4. The Morgan fingerprint density at radius 3 is 1.32 bits per heavy atom. The molecule has 22 heavy (non-hydrogen) atoms. The summed E-state index contributed by atoms with van der Waals surface area (Å²) in [5.41, 5.74) is 1.88. The number of aromatic hydroxyl groups is 4. The minimum atomic E-state index is -0.134. The van der Waals surface area contributed by atoms with Gasteiger partial charge in [-0.05, 0) is 26.0 Å². The molecule has 0 radical (unpaired) electrons. The van der Waals surface area contributed by atoms with E-state index >= 15 is 0 Å². The van der Waals surface area contributed by atoms with E-state index in [0.29, 0.717) is 22.5 Å². The van der Waals surface area contributed by atoms with Crippen LogP contribution in [-0.4, -0.2) is 29.6 Å². The first kappa shape index (κ1) is 13.9. The number of nitrogens with zero attached hydrogens (tertiary/aromatic N) is 2. The van der Waals surface area contributed by atoms with E-state index in [1.807, 2.05) is 0 Å². The lowest BCUT2D eigenvalue weighted by molar-refractivity contribution is 0.393. The van der Waals surface area contributed by atoms with Crippen molar-refractivity contribution in [3.63, 3.8) is 0 Å². The first-order chi connectivity index (χ1) is 10.4. The average molecular weight is 300 g/mol. The van der Waals surface area contributed by atoms with Crippen molar-refractivity contribution in [2.75, 3.05) is 0 Å². The highest BCUT2D eigenvalue weighted by atomic mass is 16.3. The molecule has 6 heteroatoms. The highest BCUT2D eigenvalue weighted by Crippen LogP contribution is 2.37. The summed E-state index contributed by atoms with van der Waals surface area (Å²) < 4.78 is 2.50. The van der Waals surface area contributed by atoms with Crippen molar-refractivity contribution in [1.82, 2.24) is 9.13 Å². The van der Waals surface area contributed by atoms with Crippen molar-refractivity contribution < 1.29 is 20.4 Å². The van der Waals surface area contributed by atoms with Crippen LogP contribution in [0, 0.1) is 13.8 Å². The molecular weight excluding hydrogens is 284 g/mol. The number of aromatic nitrogens is 2. The van der Waals surface area contributed by atoms with Gasteiger partial charge in [0.15, 0.2) is 11.8 Å². The number of benzene rings is 1. The van der Waals surface area contributed by atoms with Gasteiger partial charge < -0.3 is 20.4 Å². The molecule has 0 saturated carbocycles. The van der Waals surface area contributed by atoms with Crippen LogP contribution in [0.2, 0.25) is 0 Å². The Bertz CT molecular complexity index is 790. The van der Waals surface area contributed by atoms with Gasteiger partial charge in [0.25, 0.3) is 0 Å². The van der Waals surface area contributed by atoms with Gasteiger partial charge in [-0.3, -0.25) is 0 Å². The van der Waals surface area contributed by atoms with Crippen LogP contribution >= 0.6 is 0 Å². The maximum absolute atomic E-state index is 10.2. The molecule has 3 aromatic rings. The topological polar surface area (TPSA) is 90.8 Å². The Balaban J connectivity index is 2.32. The molecule has 1 aromatic carbocycles. The van der Waals surface area contributed by atoms with E-state index in [9.17, 15) is 20.4 Å². The molecule has 6 nitrogen and oxygen atoms in total. The van der Waals surface area contributed by atoms with Crippen LogP contribution in [0.4, 0.5) is 0 Å². The molecule has 0 atom stereocenters. The third-order valence-corrected chi connectivity index (χ3v) is 3.64. The molecule has 2 heterocycles. The molecule has 0 spiro atoms. The summed E-state index contributed by atoms with van der Waals surface area (Å²) in [7, 11) is 0. The van der Waals surface area contributed by atoms with Gasteiger partial charge in [0, 0.05) is 23.3 Å². The van der Waals surface area contributed by atoms with E-state index in [4.69, 9.17) is 0 Å². The van der Waals surface area contributed by atoms with Crippen molar-refractivity contribution in [2.24, 2.45) is 0 Å². The fraction of sp³-hybridized carbons (Fsp3) is 0.125. The van der Waals surface area contributed by atoms with Crippen LogP contribution in [0.5, 0.6) is 23.5 Å². The Morgan fingerprint density at radius 2 is 1.05 bits per heavy atom. The minimum Gasteiger partial charge on any atom is -0.494 e.